The van der Waals surface area contributed by atoms with E-state index in [-0.39, 0.29) is 0 Å². The van der Waals surface area contributed by atoms with E-state index in [4.69, 9.17) is 0 Å². The highest BCUT2D eigenvalue weighted by atomic mass is 14.1. The monoisotopic (exact) mass is 188 g/mol. The number of rotatable bonds is 1. The van der Waals surface area contributed by atoms with Gasteiger partial charge in [0.1, 0.15) is 0 Å². The van der Waals surface area contributed by atoms with Crippen molar-refractivity contribution in [3.05, 3.63) is 48.1 Å². The molecule has 0 nitrogen and oxygen atoms in total. The van der Waals surface area contributed by atoms with E-state index in [1.165, 1.54) is 5.57 Å². The summed E-state index contributed by atoms with van der Waals surface area (Å²) in [7, 11) is 0. The summed E-state index contributed by atoms with van der Waals surface area (Å²) in [5.41, 5.74) is 1.44. The van der Waals surface area contributed by atoms with E-state index in [0.717, 1.165) is 6.42 Å². The molecule has 0 heteroatoms. The van der Waals surface area contributed by atoms with Crippen molar-refractivity contribution in [3.63, 3.8) is 0 Å². The van der Waals surface area contributed by atoms with E-state index in [1.54, 1.807) is 0 Å². The molecule has 0 aliphatic heterocycles. The Morgan fingerprint density at radius 1 is 1.21 bits per heavy atom. The third-order valence-electron chi connectivity index (χ3n) is 2.37. The maximum Gasteiger partial charge on any atom is -0.00728 e. The van der Waals surface area contributed by atoms with Gasteiger partial charge in [0.05, 0.1) is 0 Å². The van der Waals surface area contributed by atoms with Gasteiger partial charge < -0.3 is 0 Å². The summed E-state index contributed by atoms with van der Waals surface area (Å²) in [6, 6.07) is 0. The Morgan fingerprint density at radius 3 is 2.71 bits per heavy atom. The molecule has 0 N–H and O–H groups in total. The zero-order chi connectivity index (χ0) is 10.4. The first-order valence-electron chi connectivity index (χ1n) is 5.41. The van der Waals surface area contributed by atoms with Crippen LogP contribution in [-0.4, -0.2) is 0 Å². The molecule has 0 fully saturated rings. The maximum atomic E-state index is 2.34. The van der Waals surface area contributed by atoms with Crippen molar-refractivity contribution in [3.8, 4) is 0 Å². The van der Waals surface area contributed by atoms with Gasteiger partial charge in [0, 0.05) is 0 Å². The van der Waals surface area contributed by atoms with Gasteiger partial charge in [0.15, 0.2) is 0 Å². The fourth-order valence-corrected chi connectivity index (χ4v) is 1.48. The predicted octanol–water partition coefficient (Wildman–Crippen LogP) is 4.28. The smallest absolute Gasteiger partial charge is 0.00728 e. The quantitative estimate of drug-likeness (QED) is 0.576. The summed E-state index contributed by atoms with van der Waals surface area (Å²) in [6.45, 7) is 6.71. The third-order valence-corrected chi connectivity index (χ3v) is 2.37. The van der Waals surface area contributed by atoms with Crippen molar-refractivity contribution in [2.75, 3.05) is 0 Å². The number of hydrogen-bond acceptors (Lipinski definition) is 0. The lowest BCUT2D eigenvalue weighted by Gasteiger charge is -2.09. The Balaban J connectivity index is 2.85. The Kier molecular flexibility index (Phi) is 4.45. The van der Waals surface area contributed by atoms with E-state index >= 15 is 0 Å². The second-order valence-corrected chi connectivity index (χ2v) is 4.13. The summed E-state index contributed by atoms with van der Waals surface area (Å²) < 4.78 is 0. The molecule has 0 aromatic rings. The van der Waals surface area contributed by atoms with Gasteiger partial charge >= 0.3 is 0 Å². The van der Waals surface area contributed by atoms with Crippen LogP contribution >= 0.6 is 0 Å². The largest absolute Gasteiger partial charge is 0.0808 e. The lowest BCUT2D eigenvalue weighted by molar-refractivity contribution is 0.770. The van der Waals surface area contributed by atoms with Crippen molar-refractivity contribution in [2.45, 2.75) is 27.2 Å². The van der Waals surface area contributed by atoms with Crippen LogP contribution in [-0.2, 0) is 0 Å². The minimum absolute atomic E-state index is 0.528. The zero-order valence-electron chi connectivity index (χ0n) is 9.40. The van der Waals surface area contributed by atoms with Gasteiger partial charge in [-0.05, 0) is 23.8 Å². The van der Waals surface area contributed by atoms with Gasteiger partial charge in [-0.3, -0.25) is 0 Å². The van der Waals surface area contributed by atoms with Crippen molar-refractivity contribution in [1.29, 1.82) is 0 Å². The maximum absolute atomic E-state index is 2.34. The highest BCUT2D eigenvalue weighted by Crippen LogP contribution is 2.16. The van der Waals surface area contributed by atoms with Gasteiger partial charge in [-0.1, -0.05) is 63.3 Å². The van der Waals surface area contributed by atoms with Crippen LogP contribution < -0.4 is 0 Å². The van der Waals surface area contributed by atoms with E-state index in [2.05, 4.69) is 63.3 Å². The summed E-state index contributed by atoms with van der Waals surface area (Å²) in [5, 5.41) is 0. The van der Waals surface area contributed by atoms with E-state index in [1.807, 2.05) is 0 Å². The summed E-state index contributed by atoms with van der Waals surface area (Å²) in [6.07, 6.45) is 16.5. The SMILES string of the molecule is CC1/C=C\C=C/C/C=C\C(C(C)C)=C/1. The molecule has 1 rings (SSSR count). The topological polar surface area (TPSA) is 0 Å². The molecule has 0 saturated heterocycles. The highest BCUT2D eigenvalue weighted by molar-refractivity contribution is 5.25. The van der Waals surface area contributed by atoms with Crippen LogP contribution in [0.5, 0.6) is 0 Å². The van der Waals surface area contributed by atoms with Crippen molar-refractivity contribution in [1.82, 2.24) is 0 Å². The molecule has 0 amide bonds. The molecule has 14 heavy (non-hydrogen) atoms. The van der Waals surface area contributed by atoms with Crippen LogP contribution in [0.4, 0.5) is 0 Å². The molecule has 0 bridgehead atoms. The molecule has 0 spiro atoms. The minimum atomic E-state index is 0.528. The molecule has 0 radical (unpaired) electrons. The van der Waals surface area contributed by atoms with Crippen molar-refractivity contribution < 1.29 is 0 Å². The first-order chi connectivity index (χ1) is 6.70. The lowest BCUT2D eigenvalue weighted by atomic mass is 9.97. The predicted molar refractivity (Wildman–Crippen MR) is 64.1 cm³/mol. The lowest BCUT2D eigenvalue weighted by Crippen LogP contribution is -1.94. The van der Waals surface area contributed by atoms with Gasteiger partial charge in [-0.15, -0.1) is 0 Å². The number of allylic oxidation sites excluding steroid dienone is 8. The second-order valence-electron chi connectivity index (χ2n) is 4.13. The van der Waals surface area contributed by atoms with Gasteiger partial charge in [-0.2, -0.15) is 0 Å². The Hall–Kier alpha value is -1.04. The molecule has 1 aliphatic carbocycles. The van der Waals surface area contributed by atoms with Crippen LogP contribution in [0.3, 0.4) is 0 Å². The average Bonchev–Trinajstić information content (AvgIpc) is 2.15. The standard InChI is InChI=1S/C14H20/c1-12(2)14-10-8-6-4-5-7-9-13(3)11-14/h4-5,7-13H,6H2,1-3H3/b5-4-,9-7-,10-8-,14-11+. The third kappa shape index (κ3) is 3.78. The first kappa shape index (κ1) is 11.0. The van der Waals surface area contributed by atoms with Crippen LogP contribution in [0.15, 0.2) is 48.1 Å². The molecular weight excluding hydrogens is 168 g/mol. The normalized spacial score (nSPS) is 33.1. The molecule has 0 aromatic carbocycles. The van der Waals surface area contributed by atoms with Crippen molar-refractivity contribution >= 4 is 0 Å². The van der Waals surface area contributed by atoms with Gasteiger partial charge in [0.2, 0.25) is 0 Å². The molecule has 0 aromatic heterocycles. The second kappa shape index (κ2) is 5.64. The molecule has 1 atom stereocenters. The summed E-state index contributed by atoms with van der Waals surface area (Å²) >= 11 is 0. The zero-order valence-corrected chi connectivity index (χ0v) is 9.40. The minimum Gasteiger partial charge on any atom is -0.0808 e. The molecular formula is C14H20. The fourth-order valence-electron chi connectivity index (χ4n) is 1.48. The highest BCUT2D eigenvalue weighted by Gasteiger charge is 2.01. The van der Waals surface area contributed by atoms with E-state index < -0.39 is 0 Å². The summed E-state index contributed by atoms with van der Waals surface area (Å²) in [4.78, 5) is 0. The summed E-state index contributed by atoms with van der Waals surface area (Å²) in [5.74, 6) is 1.14. The van der Waals surface area contributed by atoms with E-state index in [0.29, 0.717) is 11.8 Å². The van der Waals surface area contributed by atoms with Crippen molar-refractivity contribution in [2.24, 2.45) is 11.8 Å². The number of hydrogen-bond donors (Lipinski definition) is 0. The van der Waals surface area contributed by atoms with Crippen LogP contribution in [0.1, 0.15) is 27.2 Å². The van der Waals surface area contributed by atoms with Crippen LogP contribution in [0.25, 0.3) is 0 Å². The Labute approximate surface area is 87.7 Å². The van der Waals surface area contributed by atoms with Gasteiger partial charge in [-0.25, -0.2) is 0 Å². The van der Waals surface area contributed by atoms with Crippen LogP contribution in [0.2, 0.25) is 0 Å². The van der Waals surface area contributed by atoms with Gasteiger partial charge in [0.25, 0.3) is 0 Å². The molecule has 1 unspecified atom stereocenters. The van der Waals surface area contributed by atoms with Crippen LogP contribution in [0, 0.1) is 11.8 Å². The Morgan fingerprint density at radius 2 is 2.00 bits per heavy atom. The molecule has 0 saturated carbocycles. The van der Waals surface area contributed by atoms with E-state index in [9.17, 15) is 0 Å². The fraction of sp³-hybridized carbons (Fsp3) is 0.429. The molecule has 1 aliphatic rings. The Bertz CT molecular complexity index is 274. The molecule has 0 heterocycles. The first-order valence-corrected chi connectivity index (χ1v) is 5.41. The average molecular weight is 188 g/mol. The molecule has 76 valence electrons.